The highest BCUT2D eigenvalue weighted by Gasteiger charge is 2.43. The van der Waals surface area contributed by atoms with Gasteiger partial charge in [-0.25, -0.2) is 0 Å². The second-order valence-electron chi connectivity index (χ2n) is 3.92. The molecule has 0 amide bonds. The van der Waals surface area contributed by atoms with Gasteiger partial charge in [0.15, 0.2) is 0 Å². The molecule has 0 bridgehead atoms. The Morgan fingerprint density at radius 1 is 1.67 bits per heavy atom. The monoisotopic (exact) mass is 170 g/mol. The van der Waals surface area contributed by atoms with Crippen molar-refractivity contribution in [3.8, 4) is 0 Å². The molecule has 0 aromatic carbocycles. The van der Waals surface area contributed by atoms with E-state index in [2.05, 4.69) is 21.7 Å². The van der Waals surface area contributed by atoms with Gasteiger partial charge in [-0.2, -0.15) is 0 Å². The predicted molar refractivity (Wildman–Crippen MR) is 52.1 cm³/mol. The molecule has 3 heteroatoms. The van der Waals surface area contributed by atoms with Crippen LogP contribution in [0.15, 0.2) is 0 Å². The molecule has 70 valence electrons. The van der Waals surface area contributed by atoms with Crippen LogP contribution in [-0.4, -0.2) is 33.2 Å². The minimum Gasteiger partial charge on any atom is -0.382 e. The van der Waals surface area contributed by atoms with E-state index in [1.807, 2.05) is 0 Å². The number of methoxy groups -OCH3 is 1. The van der Waals surface area contributed by atoms with Gasteiger partial charge in [0.05, 0.1) is 12.2 Å². The summed E-state index contributed by atoms with van der Waals surface area (Å²) >= 11 is 0. The van der Waals surface area contributed by atoms with Crippen LogP contribution in [0, 0.1) is 5.92 Å². The molecule has 1 rings (SSSR count). The topological polar surface area (TPSA) is 18.5 Å². The van der Waals surface area contributed by atoms with Crippen molar-refractivity contribution < 1.29 is 9.47 Å². The van der Waals surface area contributed by atoms with Crippen LogP contribution in [0.5, 0.6) is 0 Å². The first-order valence-corrected chi connectivity index (χ1v) is 4.81. The van der Waals surface area contributed by atoms with Crippen LogP contribution >= 0.6 is 0 Å². The van der Waals surface area contributed by atoms with Gasteiger partial charge in [-0.05, 0) is 18.8 Å². The summed E-state index contributed by atoms with van der Waals surface area (Å²) in [5.74, 6) is 0.623. The Kier molecular flexibility index (Phi) is 3.19. The van der Waals surface area contributed by atoms with E-state index in [0.29, 0.717) is 11.9 Å². The zero-order valence-electron chi connectivity index (χ0n) is 8.59. The lowest BCUT2D eigenvalue weighted by molar-refractivity contribution is -0.0815. The SMILES string of the molecule is BC1CC(C)[C@@](CC)(COC)O1. The highest BCUT2D eigenvalue weighted by Crippen LogP contribution is 2.37. The van der Waals surface area contributed by atoms with Gasteiger partial charge in [0.2, 0.25) is 0 Å². The van der Waals surface area contributed by atoms with Gasteiger partial charge < -0.3 is 9.47 Å². The third kappa shape index (κ3) is 1.67. The molecule has 2 unspecified atom stereocenters. The maximum atomic E-state index is 5.93. The third-order valence-electron chi connectivity index (χ3n) is 3.01. The van der Waals surface area contributed by atoms with Crippen molar-refractivity contribution >= 4 is 7.85 Å². The Bertz CT molecular complexity index is 151. The largest absolute Gasteiger partial charge is 0.382 e. The Labute approximate surface area is 76.0 Å². The molecule has 1 fully saturated rings. The quantitative estimate of drug-likeness (QED) is 0.583. The van der Waals surface area contributed by atoms with Crippen LogP contribution in [-0.2, 0) is 9.47 Å². The predicted octanol–water partition coefficient (Wildman–Crippen LogP) is 0.797. The molecule has 0 radical (unpaired) electrons. The third-order valence-corrected chi connectivity index (χ3v) is 3.01. The maximum absolute atomic E-state index is 5.93. The highest BCUT2D eigenvalue weighted by atomic mass is 16.5. The summed E-state index contributed by atoms with van der Waals surface area (Å²) in [4.78, 5) is 0. The molecular weight excluding hydrogens is 151 g/mol. The van der Waals surface area contributed by atoms with E-state index in [1.54, 1.807) is 7.11 Å². The highest BCUT2D eigenvalue weighted by molar-refractivity contribution is 6.11. The van der Waals surface area contributed by atoms with Gasteiger partial charge in [-0.3, -0.25) is 0 Å². The summed E-state index contributed by atoms with van der Waals surface area (Å²) in [6, 6.07) is 0.398. The molecule has 1 aliphatic rings. The first kappa shape index (κ1) is 10.1. The van der Waals surface area contributed by atoms with Crippen LogP contribution in [0.1, 0.15) is 26.7 Å². The minimum atomic E-state index is -0.00579. The zero-order chi connectivity index (χ0) is 9.19. The Morgan fingerprint density at radius 3 is 2.67 bits per heavy atom. The fraction of sp³-hybridized carbons (Fsp3) is 1.00. The summed E-state index contributed by atoms with van der Waals surface area (Å²) < 4.78 is 11.1. The van der Waals surface area contributed by atoms with Crippen LogP contribution in [0.25, 0.3) is 0 Å². The molecule has 0 aliphatic carbocycles. The molecule has 0 spiro atoms. The number of hydrogen-bond acceptors (Lipinski definition) is 2. The number of ether oxygens (including phenoxy) is 2. The first-order valence-electron chi connectivity index (χ1n) is 4.81. The van der Waals surface area contributed by atoms with E-state index < -0.39 is 0 Å². The smallest absolute Gasteiger partial charge is 0.139 e. The molecule has 0 aromatic heterocycles. The lowest BCUT2D eigenvalue weighted by atomic mass is 9.84. The summed E-state index contributed by atoms with van der Waals surface area (Å²) in [7, 11) is 3.89. The van der Waals surface area contributed by atoms with Crippen molar-refractivity contribution in [2.24, 2.45) is 5.92 Å². The van der Waals surface area contributed by atoms with Gasteiger partial charge in [0, 0.05) is 13.1 Å². The van der Waals surface area contributed by atoms with Crippen LogP contribution in [0.2, 0.25) is 0 Å². The van der Waals surface area contributed by atoms with E-state index >= 15 is 0 Å². The van der Waals surface area contributed by atoms with Crippen molar-refractivity contribution in [3.63, 3.8) is 0 Å². The molecule has 1 heterocycles. The van der Waals surface area contributed by atoms with Gasteiger partial charge >= 0.3 is 0 Å². The number of rotatable bonds is 3. The first-order chi connectivity index (χ1) is 5.64. The van der Waals surface area contributed by atoms with Crippen LogP contribution in [0.3, 0.4) is 0 Å². The van der Waals surface area contributed by atoms with Gasteiger partial charge in [-0.1, -0.05) is 13.8 Å². The minimum absolute atomic E-state index is 0.00579. The van der Waals surface area contributed by atoms with Crippen LogP contribution < -0.4 is 0 Å². The van der Waals surface area contributed by atoms with Gasteiger partial charge in [0.25, 0.3) is 0 Å². The molecule has 0 aromatic rings. The van der Waals surface area contributed by atoms with Gasteiger partial charge in [0.1, 0.15) is 7.85 Å². The van der Waals surface area contributed by atoms with E-state index in [9.17, 15) is 0 Å². The average Bonchev–Trinajstić information content (AvgIpc) is 2.28. The van der Waals surface area contributed by atoms with Crippen molar-refractivity contribution in [2.75, 3.05) is 13.7 Å². The van der Waals surface area contributed by atoms with Crippen molar-refractivity contribution in [2.45, 2.75) is 38.3 Å². The van der Waals surface area contributed by atoms with E-state index in [1.165, 1.54) is 0 Å². The molecule has 0 N–H and O–H groups in total. The maximum Gasteiger partial charge on any atom is 0.139 e. The zero-order valence-corrected chi connectivity index (χ0v) is 8.59. The normalized spacial score (nSPS) is 41.9. The van der Waals surface area contributed by atoms with E-state index in [0.717, 1.165) is 19.4 Å². The lowest BCUT2D eigenvalue weighted by Gasteiger charge is -2.31. The second kappa shape index (κ2) is 3.80. The van der Waals surface area contributed by atoms with Gasteiger partial charge in [-0.15, -0.1) is 0 Å². The fourth-order valence-electron chi connectivity index (χ4n) is 2.23. The molecular formula is C9H19BO2. The summed E-state index contributed by atoms with van der Waals surface area (Å²) in [6.07, 6.45) is 2.21. The molecule has 12 heavy (non-hydrogen) atoms. The fourth-order valence-corrected chi connectivity index (χ4v) is 2.23. The van der Waals surface area contributed by atoms with E-state index in [-0.39, 0.29) is 5.60 Å². The molecule has 1 aliphatic heterocycles. The number of hydrogen-bond donors (Lipinski definition) is 0. The average molecular weight is 170 g/mol. The molecule has 2 nitrogen and oxygen atoms in total. The van der Waals surface area contributed by atoms with Crippen molar-refractivity contribution in [1.29, 1.82) is 0 Å². The van der Waals surface area contributed by atoms with Crippen LogP contribution in [0.4, 0.5) is 0 Å². The second-order valence-corrected chi connectivity index (χ2v) is 3.92. The summed E-state index contributed by atoms with van der Waals surface area (Å²) in [6.45, 7) is 5.16. The summed E-state index contributed by atoms with van der Waals surface area (Å²) in [5.41, 5.74) is -0.00579. The van der Waals surface area contributed by atoms with Crippen molar-refractivity contribution in [3.05, 3.63) is 0 Å². The lowest BCUT2D eigenvalue weighted by Crippen LogP contribution is -2.38. The summed E-state index contributed by atoms with van der Waals surface area (Å²) in [5, 5.41) is 0. The Balaban J connectivity index is 2.65. The van der Waals surface area contributed by atoms with Crippen molar-refractivity contribution in [1.82, 2.24) is 0 Å². The molecule has 1 saturated heterocycles. The Hall–Kier alpha value is -0.0151. The molecule has 0 saturated carbocycles. The van der Waals surface area contributed by atoms with E-state index in [4.69, 9.17) is 9.47 Å². The Morgan fingerprint density at radius 2 is 2.33 bits per heavy atom. The molecule has 3 atom stereocenters. The standard InChI is InChI=1S/C9H19BO2/c1-4-9(6-11-3)7(2)5-8(10)12-9/h7-8H,4-6,10H2,1-3H3/t7?,8?,9-/m1/s1.